The number of carboxylic acid groups (broad SMARTS) is 1. The monoisotopic (exact) mass is 242 g/mol. The first kappa shape index (κ1) is 11.5. The molecule has 1 aromatic heterocycles. The van der Waals surface area contributed by atoms with E-state index < -0.39 is 10.7 Å². The largest absolute Gasteiger partial charge is 0.480 e. The summed E-state index contributed by atoms with van der Waals surface area (Å²) < 4.78 is 9.71. The van der Waals surface area contributed by atoms with Gasteiger partial charge in [-0.2, -0.15) is 0 Å². The van der Waals surface area contributed by atoms with Gasteiger partial charge in [0.15, 0.2) is 0 Å². The smallest absolute Gasteiger partial charge is 0.319 e. The molecule has 1 aliphatic heterocycles. The quantitative estimate of drug-likeness (QED) is 0.876. The molecular formula is C11H14O4S. The van der Waals surface area contributed by atoms with Crippen molar-refractivity contribution in [3.8, 4) is 0 Å². The predicted octanol–water partition coefficient (Wildman–Crippen LogP) is 2.15. The van der Waals surface area contributed by atoms with Gasteiger partial charge in [-0.1, -0.05) is 0 Å². The van der Waals surface area contributed by atoms with Crippen molar-refractivity contribution in [2.75, 3.05) is 13.2 Å². The van der Waals surface area contributed by atoms with Crippen molar-refractivity contribution in [3.05, 3.63) is 24.2 Å². The van der Waals surface area contributed by atoms with E-state index in [-0.39, 0.29) is 0 Å². The summed E-state index contributed by atoms with van der Waals surface area (Å²) in [5.41, 5.74) is 0. The summed E-state index contributed by atoms with van der Waals surface area (Å²) in [5.74, 6) is 0.670. The fraction of sp³-hybridized carbons (Fsp3) is 0.545. The van der Waals surface area contributed by atoms with E-state index in [9.17, 15) is 9.90 Å². The molecule has 0 aromatic carbocycles. The summed E-state index contributed by atoms with van der Waals surface area (Å²) >= 11 is 1.44. The summed E-state index contributed by atoms with van der Waals surface area (Å²) in [4.78, 5) is 11.3. The Balaban J connectivity index is 2.00. The van der Waals surface area contributed by atoms with Gasteiger partial charge in [-0.15, -0.1) is 11.8 Å². The number of carboxylic acids is 1. The molecule has 1 fully saturated rings. The highest BCUT2D eigenvalue weighted by molar-refractivity contribution is 8.00. The van der Waals surface area contributed by atoms with Crippen molar-refractivity contribution < 1.29 is 19.1 Å². The van der Waals surface area contributed by atoms with Crippen molar-refractivity contribution in [2.24, 2.45) is 0 Å². The van der Waals surface area contributed by atoms with Crippen LogP contribution in [0.25, 0.3) is 0 Å². The van der Waals surface area contributed by atoms with Crippen molar-refractivity contribution in [1.82, 2.24) is 0 Å². The molecule has 1 aliphatic rings. The van der Waals surface area contributed by atoms with Crippen LogP contribution in [-0.4, -0.2) is 29.0 Å². The Labute approximate surface area is 98.0 Å². The number of carbonyl (C=O) groups is 1. The Bertz CT molecular complexity index is 341. The first-order chi connectivity index (χ1) is 7.73. The van der Waals surface area contributed by atoms with E-state index in [1.54, 1.807) is 6.26 Å². The summed E-state index contributed by atoms with van der Waals surface area (Å²) in [7, 11) is 0. The third kappa shape index (κ3) is 2.41. The molecule has 88 valence electrons. The minimum Gasteiger partial charge on any atom is -0.480 e. The van der Waals surface area contributed by atoms with Gasteiger partial charge in [0, 0.05) is 13.2 Å². The van der Waals surface area contributed by atoms with Crippen LogP contribution in [0.15, 0.2) is 22.8 Å². The van der Waals surface area contributed by atoms with Gasteiger partial charge in [0.2, 0.25) is 0 Å². The van der Waals surface area contributed by atoms with Gasteiger partial charge in [-0.25, -0.2) is 0 Å². The maximum atomic E-state index is 11.3. The first-order valence-electron chi connectivity index (χ1n) is 5.20. The average molecular weight is 242 g/mol. The van der Waals surface area contributed by atoms with E-state index in [1.807, 2.05) is 12.1 Å². The van der Waals surface area contributed by atoms with Crippen LogP contribution in [-0.2, 0) is 15.3 Å². The van der Waals surface area contributed by atoms with Crippen LogP contribution in [0.3, 0.4) is 0 Å². The fourth-order valence-electron chi connectivity index (χ4n) is 1.73. The lowest BCUT2D eigenvalue weighted by Crippen LogP contribution is -2.41. The molecule has 0 unspecified atom stereocenters. The normalized spacial score (nSPS) is 19.5. The molecule has 1 N–H and O–H groups in total. The minimum atomic E-state index is -0.743. The van der Waals surface area contributed by atoms with Gasteiger partial charge in [0.05, 0.1) is 12.0 Å². The zero-order valence-electron chi connectivity index (χ0n) is 8.85. The van der Waals surface area contributed by atoms with E-state index in [0.717, 1.165) is 5.76 Å². The van der Waals surface area contributed by atoms with Gasteiger partial charge < -0.3 is 14.3 Å². The number of aliphatic carboxylic acids is 1. The summed E-state index contributed by atoms with van der Waals surface area (Å²) in [6.45, 7) is 1.05. The van der Waals surface area contributed by atoms with Crippen molar-refractivity contribution in [2.45, 2.75) is 23.3 Å². The predicted molar refractivity (Wildman–Crippen MR) is 60.4 cm³/mol. The topological polar surface area (TPSA) is 59.7 Å². The molecule has 0 atom stereocenters. The fourth-order valence-corrected chi connectivity index (χ4v) is 2.89. The molecule has 0 saturated carbocycles. The molecule has 0 aliphatic carbocycles. The van der Waals surface area contributed by atoms with Crippen LogP contribution in [0.5, 0.6) is 0 Å². The number of furan rings is 1. The highest BCUT2D eigenvalue weighted by Gasteiger charge is 2.40. The zero-order chi connectivity index (χ0) is 11.4. The molecule has 1 aromatic rings. The van der Waals surface area contributed by atoms with E-state index in [1.165, 1.54) is 11.8 Å². The lowest BCUT2D eigenvalue weighted by atomic mass is 9.99. The maximum absolute atomic E-state index is 11.3. The molecular weight excluding hydrogens is 228 g/mol. The highest BCUT2D eigenvalue weighted by Crippen LogP contribution is 2.37. The van der Waals surface area contributed by atoms with Crippen molar-refractivity contribution in [1.29, 1.82) is 0 Å². The molecule has 5 heteroatoms. The number of hydrogen-bond acceptors (Lipinski definition) is 4. The van der Waals surface area contributed by atoms with Crippen LogP contribution in [0.1, 0.15) is 18.6 Å². The lowest BCUT2D eigenvalue weighted by Gasteiger charge is -2.32. The third-order valence-corrected chi connectivity index (χ3v) is 4.33. The van der Waals surface area contributed by atoms with E-state index in [0.29, 0.717) is 31.8 Å². The second kappa shape index (κ2) is 4.93. The van der Waals surface area contributed by atoms with Crippen molar-refractivity contribution >= 4 is 17.7 Å². The molecule has 0 bridgehead atoms. The Morgan fingerprint density at radius 2 is 2.25 bits per heavy atom. The number of ether oxygens (including phenoxy) is 1. The van der Waals surface area contributed by atoms with Gasteiger partial charge in [-0.05, 0) is 25.0 Å². The van der Waals surface area contributed by atoms with E-state index >= 15 is 0 Å². The van der Waals surface area contributed by atoms with Crippen LogP contribution < -0.4 is 0 Å². The molecule has 1 saturated heterocycles. The number of thioether (sulfide) groups is 1. The standard InChI is InChI=1S/C11H14O4S/c12-10(13)11(3-6-14-7-4-11)16-8-9-2-1-5-15-9/h1-2,5H,3-4,6-8H2,(H,12,13). The van der Waals surface area contributed by atoms with Crippen LogP contribution in [0.2, 0.25) is 0 Å². The van der Waals surface area contributed by atoms with Gasteiger partial charge in [0.25, 0.3) is 0 Å². The van der Waals surface area contributed by atoms with Gasteiger partial charge in [0.1, 0.15) is 10.5 Å². The number of hydrogen-bond donors (Lipinski definition) is 1. The second-order valence-corrected chi connectivity index (χ2v) is 5.14. The lowest BCUT2D eigenvalue weighted by molar-refractivity contribution is -0.142. The van der Waals surface area contributed by atoms with Crippen LogP contribution in [0, 0.1) is 0 Å². The molecule has 0 spiro atoms. The van der Waals surface area contributed by atoms with Crippen LogP contribution >= 0.6 is 11.8 Å². The van der Waals surface area contributed by atoms with E-state index in [2.05, 4.69) is 0 Å². The first-order valence-corrected chi connectivity index (χ1v) is 6.19. The molecule has 2 rings (SSSR count). The van der Waals surface area contributed by atoms with Crippen molar-refractivity contribution in [3.63, 3.8) is 0 Å². The summed E-state index contributed by atoms with van der Waals surface area (Å²) in [5, 5.41) is 9.31. The van der Waals surface area contributed by atoms with E-state index in [4.69, 9.17) is 9.15 Å². The minimum absolute atomic E-state index is 0.525. The van der Waals surface area contributed by atoms with Crippen LogP contribution in [0.4, 0.5) is 0 Å². The molecule has 0 amide bonds. The Hall–Kier alpha value is -0.940. The highest BCUT2D eigenvalue weighted by atomic mass is 32.2. The SMILES string of the molecule is O=C(O)C1(SCc2ccco2)CCOCC1. The Kier molecular flexibility index (Phi) is 3.56. The van der Waals surface area contributed by atoms with Gasteiger partial charge >= 0.3 is 5.97 Å². The molecule has 16 heavy (non-hydrogen) atoms. The second-order valence-electron chi connectivity index (χ2n) is 3.78. The molecule has 0 radical (unpaired) electrons. The Morgan fingerprint density at radius 3 is 2.81 bits per heavy atom. The summed E-state index contributed by atoms with van der Waals surface area (Å²) in [6, 6.07) is 3.68. The average Bonchev–Trinajstić information content (AvgIpc) is 2.80. The molecule has 2 heterocycles. The van der Waals surface area contributed by atoms with Gasteiger partial charge in [-0.3, -0.25) is 4.79 Å². The maximum Gasteiger partial charge on any atom is 0.319 e. The zero-order valence-corrected chi connectivity index (χ0v) is 9.66. The Morgan fingerprint density at radius 1 is 1.50 bits per heavy atom. The third-order valence-electron chi connectivity index (χ3n) is 2.76. The molecule has 4 nitrogen and oxygen atoms in total. The summed E-state index contributed by atoms with van der Waals surface area (Å²) in [6.07, 6.45) is 2.73. The number of rotatable bonds is 4.